The van der Waals surface area contributed by atoms with Gasteiger partial charge in [-0.05, 0) is 44.7 Å². The molecule has 0 radical (unpaired) electrons. The van der Waals surface area contributed by atoms with Crippen molar-refractivity contribution in [3.8, 4) is 0 Å². The van der Waals surface area contributed by atoms with Gasteiger partial charge in [-0.25, -0.2) is 0 Å². The van der Waals surface area contributed by atoms with Gasteiger partial charge in [-0.2, -0.15) is 0 Å². The van der Waals surface area contributed by atoms with E-state index in [4.69, 9.17) is 0 Å². The minimum Gasteiger partial charge on any atom is -0.391 e. The maximum Gasteiger partial charge on any atom is 0.0695 e. The first-order chi connectivity index (χ1) is 6.32. The van der Waals surface area contributed by atoms with Crippen LogP contribution in [0, 0.1) is 11.3 Å². The van der Waals surface area contributed by atoms with E-state index in [-0.39, 0.29) is 6.10 Å². The molecule has 1 N–H and O–H groups in total. The van der Waals surface area contributed by atoms with Crippen LogP contribution in [0.4, 0.5) is 0 Å². The van der Waals surface area contributed by atoms with Gasteiger partial charge >= 0.3 is 0 Å². The van der Waals surface area contributed by atoms with Gasteiger partial charge in [0.25, 0.3) is 0 Å². The summed E-state index contributed by atoms with van der Waals surface area (Å²) < 4.78 is 0. The molecule has 1 saturated carbocycles. The lowest BCUT2D eigenvalue weighted by molar-refractivity contribution is 0.00107. The Kier molecular flexibility index (Phi) is 3.59. The molecule has 0 aromatic heterocycles. The molecule has 14 heavy (non-hydrogen) atoms. The van der Waals surface area contributed by atoms with Crippen molar-refractivity contribution < 1.29 is 5.11 Å². The summed E-state index contributed by atoms with van der Waals surface area (Å²) >= 11 is 0. The standard InChI is InChI=1S/C12H25NO/c1-12(2,3)9-6-7-11(14)10(8-9)13(4)5/h9-11,14H,6-8H2,1-5H3/t9-,10-,11-/m0/s1. The topological polar surface area (TPSA) is 23.5 Å². The highest BCUT2D eigenvalue weighted by Gasteiger charge is 2.35. The molecule has 0 heterocycles. The highest BCUT2D eigenvalue weighted by molar-refractivity contribution is 4.89. The third kappa shape index (κ3) is 2.71. The Balaban J connectivity index is 2.62. The van der Waals surface area contributed by atoms with Gasteiger partial charge in [0.15, 0.2) is 0 Å². The molecule has 1 fully saturated rings. The second-order valence-electron chi connectivity index (χ2n) is 5.97. The maximum absolute atomic E-state index is 9.88. The molecule has 3 atom stereocenters. The molecule has 0 spiro atoms. The fourth-order valence-electron chi connectivity index (χ4n) is 2.47. The maximum atomic E-state index is 9.88. The Labute approximate surface area is 88.3 Å². The van der Waals surface area contributed by atoms with E-state index in [1.165, 1.54) is 6.42 Å². The minimum absolute atomic E-state index is 0.122. The summed E-state index contributed by atoms with van der Waals surface area (Å²) in [5.74, 6) is 0.748. The van der Waals surface area contributed by atoms with Crippen LogP contribution < -0.4 is 0 Å². The fraction of sp³-hybridized carbons (Fsp3) is 1.00. The SMILES string of the molecule is CN(C)[C@H]1C[C@@H](C(C)(C)C)CC[C@@H]1O. The normalized spacial score (nSPS) is 34.9. The highest BCUT2D eigenvalue weighted by Crippen LogP contribution is 2.38. The Morgan fingerprint density at radius 2 is 1.71 bits per heavy atom. The van der Waals surface area contributed by atoms with Crippen LogP contribution in [-0.2, 0) is 0 Å². The fourth-order valence-corrected chi connectivity index (χ4v) is 2.47. The zero-order valence-corrected chi connectivity index (χ0v) is 10.2. The monoisotopic (exact) mass is 199 g/mol. The molecule has 1 rings (SSSR count). The van der Waals surface area contributed by atoms with E-state index in [1.54, 1.807) is 0 Å². The number of aliphatic hydroxyl groups excluding tert-OH is 1. The molecule has 0 unspecified atom stereocenters. The quantitative estimate of drug-likeness (QED) is 0.699. The number of nitrogens with zero attached hydrogens (tertiary/aromatic N) is 1. The van der Waals surface area contributed by atoms with Crippen molar-refractivity contribution in [2.75, 3.05) is 14.1 Å². The van der Waals surface area contributed by atoms with Crippen LogP contribution in [0.3, 0.4) is 0 Å². The van der Waals surface area contributed by atoms with Gasteiger partial charge in [0, 0.05) is 6.04 Å². The molecule has 1 aliphatic rings. The van der Waals surface area contributed by atoms with E-state index in [9.17, 15) is 5.11 Å². The van der Waals surface area contributed by atoms with E-state index in [0.29, 0.717) is 11.5 Å². The Bertz CT molecular complexity index is 183. The summed E-state index contributed by atoms with van der Waals surface area (Å²) in [6, 6.07) is 0.355. The van der Waals surface area contributed by atoms with Gasteiger partial charge in [0.2, 0.25) is 0 Å². The average Bonchev–Trinajstić information content (AvgIpc) is 2.02. The summed E-state index contributed by atoms with van der Waals surface area (Å²) in [5.41, 5.74) is 0.383. The summed E-state index contributed by atoms with van der Waals surface area (Å²) in [6.07, 6.45) is 3.15. The van der Waals surface area contributed by atoms with E-state index in [2.05, 4.69) is 39.8 Å². The molecule has 2 heteroatoms. The number of hydrogen-bond donors (Lipinski definition) is 1. The molecule has 0 aliphatic heterocycles. The van der Waals surface area contributed by atoms with Crippen LogP contribution >= 0.6 is 0 Å². The molecule has 84 valence electrons. The zero-order valence-electron chi connectivity index (χ0n) is 10.2. The lowest BCUT2D eigenvalue weighted by Crippen LogP contribution is -2.45. The Morgan fingerprint density at radius 1 is 1.14 bits per heavy atom. The second-order valence-corrected chi connectivity index (χ2v) is 5.97. The average molecular weight is 199 g/mol. The molecule has 0 bridgehead atoms. The van der Waals surface area contributed by atoms with Gasteiger partial charge in [0.05, 0.1) is 6.10 Å². The van der Waals surface area contributed by atoms with Gasteiger partial charge in [-0.3, -0.25) is 0 Å². The first-order valence-corrected chi connectivity index (χ1v) is 5.67. The molecular weight excluding hydrogens is 174 g/mol. The van der Waals surface area contributed by atoms with Crippen LogP contribution in [0.15, 0.2) is 0 Å². The molecule has 0 aromatic rings. The largest absolute Gasteiger partial charge is 0.391 e. The first-order valence-electron chi connectivity index (χ1n) is 5.67. The second kappa shape index (κ2) is 4.19. The van der Waals surface area contributed by atoms with Crippen LogP contribution in [0.1, 0.15) is 40.0 Å². The third-order valence-corrected chi connectivity index (χ3v) is 3.67. The van der Waals surface area contributed by atoms with E-state index >= 15 is 0 Å². The molecule has 0 amide bonds. The summed E-state index contributed by atoms with van der Waals surface area (Å²) in [7, 11) is 4.14. The molecule has 2 nitrogen and oxygen atoms in total. The summed E-state index contributed by atoms with van der Waals surface area (Å²) in [6.45, 7) is 6.92. The Morgan fingerprint density at radius 3 is 2.14 bits per heavy atom. The molecule has 0 saturated heterocycles. The molecule has 0 aromatic carbocycles. The van der Waals surface area contributed by atoms with Crippen molar-refractivity contribution in [3.05, 3.63) is 0 Å². The minimum atomic E-state index is -0.122. The van der Waals surface area contributed by atoms with Gasteiger partial charge in [0.1, 0.15) is 0 Å². The number of hydrogen-bond acceptors (Lipinski definition) is 2. The predicted molar refractivity (Wildman–Crippen MR) is 60.3 cm³/mol. The van der Waals surface area contributed by atoms with E-state index < -0.39 is 0 Å². The molecule has 1 aliphatic carbocycles. The van der Waals surface area contributed by atoms with Crippen LogP contribution in [0.25, 0.3) is 0 Å². The van der Waals surface area contributed by atoms with E-state index in [0.717, 1.165) is 18.8 Å². The smallest absolute Gasteiger partial charge is 0.0695 e. The van der Waals surface area contributed by atoms with Crippen molar-refractivity contribution in [1.82, 2.24) is 4.90 Å². The third-order valence-electron chi connectivity index (χ3n) is 3.67. The van der Waals surface area contributed by atoms with Gasteiger partial charge in [-0.1, -0.05) is 20.8 Å². The van der Waals surface area contributed by atoms with Gasteiger partial charge < -0.3 is 10.0 Å². The van der Waals surface area contributed by atoms with Crippen molar-refractivity contribution in [1.29, 1.82) is 0 Å². The number of likely N-dealkylation sites (N-methyl/N-ethyl adjacent to an activating group) is 1. The van der Waals surface area contributed by atoms with Crippen molar-refractivity contribution in [2.24, 2.45) is 11.3 Å². The zero-order chi connectivity index (χ0) is 10.9. The lowest BCUT2D eigenvalue weighted by atomic mass is 9.70. The van der Waals surface area contributed by atoms with Crippen molar-refractivity contribution >= 4 is 0 Å². The molecular formula is C12H25NO. The lowest BCUT2D eigenvalue weighted by Gasteiger charge is -2.42. The van der Waals surface area contributed by atoms with E-state index in [1.807, 2.05) is 0 Å². The first kappa shape index (κ1) is 12.0. The van der Waals surface area contributed by atoms with Crippen LogP contribution in [0.2, 0.25) is 0 Å². The highest BCUT2D eigenvalue weighted by atomic mass is 16.3. The number of aliphatic hydroxyl groups is 1. The predicted octanol–water partition coefficient (Wildman–Crippen LogP) is 2.12. The number of rotatable bonds is 1. The summed E-state index contributed by atoms with van der Waals surface area (Å²) in [5, 5.41) is 9.88. The van der Waals surface area contributed by atoms with Crippen LogP contribution in [-0.4, -0.2) is 36.2 Å². The van der Waals surface area contributed by atoms with Crippen LogP contribution in [0.5, 0.6) is 0 Å². The van der Waals surface area contributed by atoms with Gasteiger partial charge in [-0.15, -0.1) is 0 Å². The summed E-state index contributed by atoms with van der Waals surface area (Å²) in [4.78, 5) is 2.17. The Hall–Kier alpha value is -0.0800. The van der Waals surface area contributed by atoms with Crippen molar-refractivity contribution in [3.63, 3.8) is 0 Å². The van der Waals surface area contributed by atoms with Crippen molar-refractivity contribution in [2.45, 2.75) is 52.2 Å².